The van der Waals surface area contributed by atoms with Gasteiger partial charge < -0.3 is 24.2 Å². The van der Waals surface area contributed by atoms with E-state index in [0.29, 0.717) is 48.8 Å². The number of carbonyl (C=O) groups is 2. The second-order valence-corrected chi connectivity index (χ2v) is 8.77. The summed E-state index contributed by atoms with van der Waals surface area (Å²) in [6.07, 6.45) is 0.681. The first-order valence-corrected chi connectivity index (χ1v) is 11.8. The smallest absolute Gasteiger partial charge is 0.295 e. The number of morpholine rings is 1. The highest BCUT2D eigenvalue weighted by molar-refractivity contribution is 6.46. The molecule has 35 heavy (non-hydrogen) atoms. The van der Waals surface area contributed by atoms with E-state index in [4.69, 9.17) is 14.2 Å². The van der Waals surface area contributed by atoms with E-state index in [2.05, 4.69) is 4.90 Å². The average molecular weight is 481 g/mol. The van der Waals surface area contributed by atoms with E-state index in [9.17, 15) is 14.7 Å². The number of hydrogen-bond acceptors (Lipinski definition) is 7. The molecule has 2 saturated heterocycles. The number of amides is 1. The predicted molar refractivity (Wildman–Crippen MR) is 132 cm³/mol. The predicted octanol–water partition coefficient (Wildman–Crippen LogP) is 3.16. The Bertz CT molecular complexity index is 1110. The van der Waals surface area contributed by atoms with Crippen molar-refractivity contribution in [3.05, 3.63) is 64.7 Å². The quantitative estimate of drug-likeness (QED) is 0.353. The molecule has 186 valence electrons. The third-order valence-corrected chi connectivity index (χ3v) is 6.57. The van der Waals surface area contributed by atoms with Crippen molar-refractivity contribution in [3.63, 3.8) is 0 Å². The number of likely N-dealkylation sites (tertiary alicyclic amines) is 1. The minimum Gasteiger partial charge on any atom is -0.507 e. The molecule has 2 fully saturated rings. The maximum atomic E-state index is 13.3. The third-order valence-electron chi connectivity index (χ3n) is 6.57. The number of hydrogen-bond donors (Lipinski definition) is 1. The Morgan fingerprint density at radius 2 is 1.74 bits per heavy atom. The number of nitrogens with zero attached hydrogens (tertiary/aromatic N) is 2. The maximum Gasteiger partial charge on any atom is 0.295 e. The molecule has 0 saturated carbocycles. The lowest BCUT2D eigenvalue weighted by Crippen LogP contribution is -2.39. The molecule has 1 amide bonds. The topological polar surface area (TPSA) is 88.5 Å². The van der Waals surface area contributed by atoms with Gasteiger partial charge in [0.2, 0.25) is 0 Å². The van der Waals surface area contributed by atoms with Gasteiger partial charge in [-0.1, -0.05) is 29.8 Å². The van der Waals surface area contributed by atoms with E-state index in [1.165, 1.54) is 7.11 Å². The molecule has 0 radical (unpaired) electrons. The third kappa shape index (κ3) is 5.18. The van der Waals surface area contributed by atoms with Crippen molar-refractivity contribution in [1.82, 2.24) is 9.80 Å². The Labute approximate surface area is 205 Å². The van der Waals surface area contributed by atoms with Crippen LogP contribution in [0.5, 0.6) is 11.5 Å². The molecule has 4 rings (SSSR count). The van der Waals surface area contributed by atoms with Crippen molar-refractivity contribution in [3.8, 4) is 11.5 Å². The Morgan fingerprint density at radius 3 is 2.40 bits per heavy atom. The van der Waals surface area contributed by atoms with Gasteiger partial charge in [-0.25, -0.2) is 0 Å². The summed E-state index contributed by atoms with van der Waals surface area (Å²) < 4.78 is 16.4. The van der Waals surface area contributed by atoms with E-state index < -0.39 is 17.7 Å². The summed E-state index contributed by atoms with van der Waals surface area (Å²) in [6, 6.07) is 11.7. The highest BCUT2D eigenvalue weighted by Crippen LogP contribution is 2.43. The van der Waals surface area contributed by atoms with Crippen molar-refractivity contribution in [2.45, 2.75) is 19.4 Å². The molecule has 0 aliphatic carbocycles. The number of carbonyl (C=O) groups excluding carboxylic acids is 2. The van der Waals surface area contributed by atoms with E-state index in [-0.39, 0.29) is 11.3 Å². The van der Waals surface area contributed by atoms with Crippen LogP contribution in [0.2, 0.25) is 0 Å². The fourth-order valence-corrected chi connectivity index (χ4v) is 4.64. The van der Waals surface area contributed by atoms with Crippen LogP contribution in [-0.4, -0.2) is 80.2 Å². The lowest BCUT2D eigenvalue weighted by Gasteiger charge is -2.29. The molecule has 2 aliphatic rings. The number of methoxy groups -OCH3 is 2. The summed E-state index contributed by atoms with van der Waals surface area (Å²) in [5, 5.41) is 11.3. The molecule has 1 atom stereocenters. The molecule has 0 bridgehead atoms. The summed E-state index contributed by atoms with van der Waals surface area (Å²) in [7, 11) is 3.09. The van der Waals surface area contributed by atoms with Crippen LogP contribution in [0, 0.1) is 6.92 Å². The van der Waals surface area contributed by atoms with Crippen molar-refractivity contribution >= 4 is 17.4 Å². The van der Waals surface area contributed by atoms with Gasteiger partial charge in [0.1, 0.15) is 17.3 Å². The monoisotopic (exact) mass is 480 g/mol. The zero-order valence-electron chi connectivity index (χ0n) is 20.5. The molecule has 2 aromatic rings. The van der Waals surface area contributed by atoms with Crippen LogP contribution in [0.1, 0.15) is 29.2 Å². The van der Waals surface area contributed by atoms with E-state index >= 15 is 0 Å². The molecular formula is C27H32N2O6. The molecule has 8 heteroatoms. The number of aryl methyl sites for hydroxylation is 1. The zero-order valence-corrected chi connectivity index (χ0v) is 20.5. The highest BCUT2D eigenvalue weighted by atomic mass is 16.5. The normalized spacial score (nSPS) is 20.3. The largest absolute Gasteiger partial charge is 0.507 e. The number of ether oxygens (including phenoxy) is 3. The Kier molecular flexibility index (Phi) is 7.73. The fraction of sp³-hybridized carbons (Fsp3) is 0.407. The lowest BCUT2D eigenvalue weighted by molar-refractivity contribution is -0.140. The van der Waals surface area contributed by atoms with Crippen molar-refractivity contribution in [2.75, 3.05) is 53.6 Å². The van der Waals surface area contributed by atoms with Crippen molar-refractivity contribution in [2.24, 2.45) is 0 Å². The molecule has 8 nitrogen and oxygen atoms in total. The van der Waals surface area contributed by atoms with E-state index in [0.717, 1.165) is 25.2 Å². The second-order valence-electron chi connectivity index (χ2n) is 8.77. The molecular weight excluding hydrogens is 448 g/mol. The van der Waals surface area contributed by atoms with Gasteiger partial charge in [0.05, 0.1) is 39.0 Å². The highest BCUT2D eigenvalue weighted by Gasteiger charge is 2.47. The fourth-order valence-electron chi connectivity index (χ4n) is 4.64. The van der Waals surface area contributed by atoms with Gasteiger partial charge in [0, 0.05) is 37.3 Å². The standard InChI is InChI=1S/C27H32N2O6/c1-18-5-7-19(8-6-18)25(30)23-24(21-17-20(33-2)9-10-22(21)34-3)29(27(32)26(23)31)12-4-11-28-13-15-35-16-14-28/h5-10,17,24,30H,4,11-16H2,1-3H3. The number of Topliss-reactive ketones (excluding diaryl/α,β-unsaturated/α-hetero) is 1. The SMILES string of the molecule is COc1ccc(OC)c(C2C(=C(O)c3ccc(C)cc3)C(=O)C(=O)N2CCCN2CCOCC2)c1. The van der Waals surface area contributed by atoms with Crippen LogP contribution in [0.25, 0.3) is 5.76 Å². The Morgan fingerprint density at radius 1 is 1.03 bits per heavy atom. The maximum absolute atomic E-state index is 13.3. The number of ketones is 1. The first kappa shape index (κ1) is 24.8. The van der Waals surface area contributed by atoms with Crippen molar-refractivity contribution < 1.29 is 28.9 Å². The Balaban J connectivity index is 1.75. The second kappa shape index (κ2) is 10.9. The molecule has 2 aliphatic heterocycles. The van der Waals surface area contributed by atoms with Gasteiger partial charge in [0.15, 0.2) is 0 Å². The van der Waals surface area contributed by atoms with Gasteiger partial charge in [-0.15, -0.1) is 0 Å². The first-order valence-electron chi connectivity index (χ1n) is 11.8. The van der Waals surface area contributed by atoms with E-state index in [1.807, 2.05) is 19.1 Å². The van der Waals surface area contributed by atoms with Gasteiger partial charge in [0.25, 0.3) is 11.7 Å². The zero-order chi connectivity index (χ0) is 24.9. The first-order chi connectivity index (χ1) is 16.9. The number of benzene rings is 2. The van der Waals surface area contributed by atoms with Crippen LogP contribution in [0.15, 0.2) is 48.0 Å². The van der Waals surface area contributed by atoms with Crippen LogP contribution >= 0.6 is 0 Å². The molecule has 1 N–H and O–H groups in total. The Hall–Kier alpha value is -3.36. The summed E-state index contributed by atoms with van der Waals surface area (Å²) in [4.78, 5) is 30.4. The molecule has 2 aromatic carbocycles. The minimum absolute atomic E-state index is 0.0526. The summed E-state index contributed by atoms with van der Waals surface area (Å²) in [6.45, 7) is 6.17. The minimum atomic E-state index is -0.800. The molecule has 0 aromatic heterocycles. The van der Waals surface area contributed by atoms with Crippen LogP contribution in [0.3, 0.4) is 0 Å². The number of aliphatic hydroxyl groups is 1. The number of aliphatic hydroxyl groups excluding tert-OH is 1. The summed E-state index contributed by atoms with van der Waals surface area (Å²) in [5.74, 6) is -0.463. The number of rotatable bonds is 8. The summed E-state index contributed by atoms with van der Waals surface area (Å²) >= 11 is 0. The average Bonchev–Trinajstić information content (AvgIpc) is 3.14. The van der Waals surface area contributed by atoms with Gasteiger partial charge in [-0.2, -0.15) is 0 Å². The summed E-state index contributed by atoms with van der Waals surface area (Å²) in [5.41, 5.74) is 2.15. The molecule has 2 heterocycles. The van der Waals surface area contributed by atoms with Gasteiger partial charge >= 0.3 is 0 Å². The van der Waals surface area contributed by atoms with E-state index in [1.54, 1.807) is 42.3 Å². The molecule has 1 unspecified atom stereocenters. The van der Waals surface area contributed by atoms with Gasteiger partial charge in [-0.05, 0) is 31.5 Å². The van der Waals surface area contributed by atoms with Gasteiger partial charge in [-0.3, -0.25) is 14.5 Å². The lowest BCUT2D eigenvalue weighted by atomic mass is 9.94. The van der Waals surface area contributed by atoms with Crippen LogP contribution in [0.4, 0.5) is 0 Å². The molecule has 0 spiro atoms. The van der Waals surface area contributed by atoms with Crippen LogP contribution < -0.4 is 9.47 Å². The van der Waals surface area contributed by atoms with Crippen molar-refractivity contribution in [1.29, 1.82) is 0 Å². The van der Waals surface area contributed by atoms with Crippen LogP contribution in [-0.2, 0) is 14.3 Å².